The summed E-state index contributed by atoms with van der Waals surface area (Å²) in [5.41, 5.74) is 5.42. The summed E-state index contributed by atoms with van der Waals surface area (Å²) >= 11 is 0. The average molecular weight is 402 g/mol. The standard InChI is InChI=1S/C25H26N2O3/c1-17-6-10-19(11-7-17)23(20-12-8-18(2)9-13-20)14-15-26-25(30)27-22-5-3-4-21(16-22)24(28)29/h3-13,16,23H,14-15H2,1-2H3,(H,28,29)(H2,26,27,30). The summed E-state index contributed by atoms with van der Waals surface area (Å²) in [6.07, 6.45) is 0.745. The van der Waals surface area contributed by atoms with Crippen molar-refractivity contribution < 1.29 is 14.7 Å². The van der Waals surface area contributed by atoms with E-state index < -0.39 is 5.97 Å². The highest BCUT2D eigenvalue weighted by Crippen LogP contribution is 2.28. The molecule has 0 heterocycles. The zero-order valence-corrected chi connectivity index (χ0v) is 17.2. The number of urea groups is 1. The summed E-state index contributed by atoms with van der Waals surface area (Å²) in [6.45, 7) is 4.61. The number of hydrogen-bond donors (Lipinski definition) is 3. The number of carboxylic acid groups (broad SMARTS) is 1. The lowest BCUT2D eigenvalue weighted by Crippen LogP contribution is -2.30. The minimum absolute atomic E-state index is 0.131. The van der Waals surface area contributed by atoms with Crippen molar-refractivity contribution in [2.24, 2.45) is 0 Å². The fourth-order valence-electron chi connectivity index (χ4n) is 3.36. The molecule has 0 spiro atoms. The first-order valence-electron chi connectivity index (χ1n) is 9.94. The zero-order chi connectivity index (χ0) is 21.5. The molecule has 154 valence electrons. The van der Waals surface area contributed by atoms with Gasteiger partial charge in [0.25, 0.3) is 0 Å². The highest BCUT2D eigenvalue weighted by Gasteiger charge is 2.15. The molecule has 30 heavy (non-hydrogen) atoms. The van der Waals surface area contributed by atoms with E-state index in [0.29, 0.717) is 12.2 Å². The van der Waals surface area contributed by atoms with Gasteiger partial charge in [0.1, 0.15) is 0 Å². The monoisotopic (exact) mass is 402 g/mol. The maximum absolute atomic E-state index is 12.3. The Morgan fingerprint density at radius 3 is 1.97 bits per heavy atom. The number of carboxylic acids is 1. The molecule has 0 fully saturated rings. The second-order valence-electron chi connectivity index (χ2n) is 7.43. The third-order valence-electron chi connectivity index (χ3n) is 5.05. The van der Waals surface area contributed by atoms with Gasteiger partial charge in [0.15, 0.2) is 0 Å². The second-order valence-corrected chi connectivity index (χ2v) is 7.43. The Bertz CT molecular complexity index is 966. The van der Waals surface area contributed by atoms with E-state index in [4.69, 9.17) is 5.11 Å². The van der Waals surface area contributed by atoms with Crippen LogP contribution in [0, 0.1) is 13.8 Å². The zero-order valence-electron chi connectivity index (χ0n) is 17.2. The number of carbonyl (C=O) groups excluding carboxylic acids is 1. The van der Waals surface area contributed by atoms with Gasteiger partial charge >= 0.3 is 12.0 Å². The molecule has 0 aliphatic carbocycles. The van der Waals surface area contributed by atoms with Crippen LogP contribution in [0.5, 0.6) is 0 Å². The number of nitrogens with one attached hydrogen (secondary N) is 2. The van der Waals surface area contributed by atoms with Crippen molar-refractivity contribution in [1.82, 2.24) is 5.32 Å². The van der Waals surface area contributed by atoms with E-state index in [1.54, 1.807) is 12.1 Å². The minimum atomic E-state index is -1.03. The Morgan fingerprint density at radius 1 is 0.867 bits per heavy atom. The van der Waals surface area contributed by atoms with Gasteiger partial charge in [0.2, 0.25) is 0 Å². The fraction of sp³-hybridized carbons (Fsp3) is 0.200. The van der Waals surface area contributed by atoms with Crippen molar-refractivity contribution in [3.63, 3.8) is 0 Å². The SMILES string of the molecule is Cc1ccc(C(CCNC(=O)Nc2cccc(C(=O)O)c2)c2ccc(C)cc2)cc1. The van der Waals surface area contributed by atoms with Crippen LogP contribution in [0.15, 0.2) is 72.8 Å². The number of benzene rings is 3. The Labute approximate surface area is 176 Å². The first kappa shape index (κ1) is 21.1. The van der Waals surface area contributed by atoms with Gasteiger partial charge in [-0.2, -0.15) is 0 Å². The molecule has 3 rings (SSSR count). The molecular formula is C25H26N2O3. The lowest BCUT2D eigenvalue weighted by atomic mass is 9.88. The largest absolute Gasteiger partial charge is 0.478 e. The molecule has 0 saturated heterocycles. The average Bonchev–Trinajstić information content (AvgIpc) is 2.73. The predicted molar refractivity (Wildman–Crippen MR) is 119 cm³/mol. The highest BCUT2D eigenvalue weighted by molar-refractivity contribution is 5.93. The van der Waals surface area contributed by atoms with Crippen molar-refractivity contribution in [3.8, 4) is 0 Å². The van der Waals surface area contributed by atoms with E-state index in [9.17, 15) is 9.59 Å². The van der Waals surface area contributed by atoms with E-state index in [1.807, 2.05) is 0 Å². The summed E-state index contributed by atoms with van der Waals surface area (Å²) in [7, 11) is 0. The van der Waals surface area contributed by atoms with Crippen LogP contribution in [0.2, 0.25) is 0 Å². The van der Waals surface area contributed by atoms with Crippen LogP contribution >= 0.6 is 0 Å². The third kappa shape index (κ3) is 5.70. The Morgan fingerprint density at radius 2 is 1.43 bits per heavy atom. The van der Waals surface area contributed by atoms with Crippen LogP contribution in [-0.2, 0) is 0 Å². The quantitative estimate of drug-likeness (QED) is 0.499. The van der Waals surface area contributed by atoms with E-state index >= 15 is 0 Å². The number of rotatable bonds is 7. The van der Waals surface area contributed by atoms with Crippen LogP contribution in [0.25, 0.3) is 0 Å². The molecule has 0 aliphatic rings. The first-order chi connectivity index (χ1) is 14.4. The van der Waals surface area contributed by atoms with Crippen LogP contribution in [-0.4, -0.2) is 23.7 Å². The predicted octanol–water partition coefficient (Wildman–Crippen LogP) is 5.35. The summed E-state index contributed by atoms with van der Waals surface area (Å²) in [5, 5.41) is 14.6. The van der Waals surface area contributed by atoms with Crippen LogP contribution in [0.3, 0.4) is 0 Å². The molecule has 0 bridgehead atoms. The van der Waals surface area contributed by atoms with Gasteiger partial charge in [-0.05, 0) is 49.6 Å². The molecule has 0 unspecified atom stereocenters. The van der Waals surface area contributed by atoms with E-state index in [2.05, 4.69) is 73.0 Å². The lowest BCUT2D eigenvalue weighted by molar-refractivity contribution is 0.0697. The maximum Gasteiger partial charge on any atom is 0.335 e. The lowest BCUT2D eigenvalue weighted by Gasteiger charge is -2.19. The smallest absolute Gasteiger partial charge is 0.335 e. The number of aromatic carboxylic acids is 1. The van der Waals surface area contributed by atoms with Crippen LogP contribution in [0.1, 0.15) is 45.0 Å². The molecule has 3 N–H and O–H groups in total. The van der Waals surface area contributed by atoms with Crippen LogP contribution in [0.4, 0.5) is 10.5 Å². The van der Waals surface area contributed by atoms with Crippen molar-refractivity contribution in [1.29, 1.82) is 0 Å². The summed E-state index contributed by atoms with van der Waals surface area (Å²) < 4.78 is 0. The molecule has 5 nitrogen and oxygen atoms in total. The number of amides is 2. The molecule has 2 amide bonds. The van der Waals surface area contributed by atoms with Gasteiger partial charge in [0.05, 0.1) is 5.56 Å². The van der Waals surface area contributed by atoms with Crippen molar-refractivity contribution >= 4 is 17.7 Å². The van der Waals surface area contributed by atoms with Crippen molar-refractivity contribution in [3.05, 3.63) is 101 Å². The second kappa shape index (κ2) is 9.74. The Kier molecular flexibility index (Phi) is 6.86. The normalized spacial score (nSPS) is 10.6. The topological polar surface area (TPSA) is 78.4 Å². The highest BCUT2D eigenvalue weighted by atomic mass is 16.4. The third-order valence-corrected chi connectivity index (χ3v) is 5.05. The first-order valence-corrected chi connectivity index (χ1v) is 9.94. The van der Waals surface area contributed by atoms with E-state index in [0.717, 1.165) is 6.42 Å². The van der Waals surface area contributed by atoms with Gasteiger partial charge in [0, 0.05) is 18.2 Å². The molecule has 0 aliphatic heterocycles. The molecule has 0 radical (unpaired) electrons. The molecule has 0 aromatic heterocycles. The van der Waals surface area contributed by atoms with Gasteiger partial charge in [-0.25, -0.2) is 9.59 Å². The van der Waals surface area contributed by atoms with Gasteiger partial charge in [-0.1, -0.05) is 65.7 Å². The van der Waals surface area contributed by atoms with Crippen molar-refractivity contribution in [2.75, 3.05) is 11.9 Å². The minimum Gasteiger partial charge on any atom is -0.478 e. The van der Waals surface area contributed by atoms with E-state index in [1.165, 1.54) is 34.4 Å². The molecule has 3 aromatic rings. The number of anilines is 1. The molecule has 0 saturated carbocycles. The number of hydrogen-bond acceptors (Lipinski definition) is 2. The Hall–Kier alpha value is -3.60. The maximum atomic E-state index is 12.3. The van der Waals surface area contributed by atoms with Crippen LogP contribution < -0.4 is 10.6 Å². The number of carbonyl (C=O) groups is 2. The fourth-order valence-corrected chi connectivity index (χ4v) is 3.36. The molecule has 0 atom stereocenters. The summed E-state index contributed by atoms with van der Waals surface area (Å²) in [5.74, 6) is -0.861. The van der Waals surface area contributed by atoms with E-state index in [-0.39, 0.29) is 17.5 Å². The summed E-state index contributed by atoms with van der Waals surface area (Å²) in [6, 6.07) is 22.8. The van der Waals surface area contributed by atoms with Gasteiger partial charge in [-0.3, -0.25) is 0 Å². The Balaban J connectivity index is 1.64. The van der Waals surface area contributed by atoms with Crippen molar-refractivity contribution in [2.45, 2.75) is 26.2 Å². The summed E-state index contributed by atoms with van der Waals surface area (Å²) in [4.78, 5) is 23.3. The molecular weight excluding hydrogens is 376 g/mol. The van der Waals surface area contributed by atoms with Gasteiger partial charge < -0.3 is 15.7 Å². The van der Waals surface area contributed by atoms with Gasteiger partial charge in [-0.15, -0.1) is 0 Å². The molecule has 3 aromatic carbocycles. The molecule has 5 heteroatoms. The number of aryl methyl sites for hydroxylation is 2.